The number of carbonyl (C=O) groups excluding carboxylic acids is 2. The summed E-state index contributed by atoms with van der Waals surface area (Å²) in [4.78, 5) is 24.0. The number of carbonyl (C=O) groups is 2. The van der Waals surface area contributed by atoms with Crippen LogP contribution >= 0.6 is 15.9 Å². The number of nitrogens with zero attached hydrogens (tertiary/aromatic N) is 2. The number of aromatic nitrogens is 2. The third-order valence-corrected chi connectivity index (χ3v) is 4.13. The van der Waals surface area contributed by atoms with E-state index in [-0.39, 0.29) is 11.3 Å². The average Bonchev–Trinajstić information content (AvgIpc) is 2.93. The van der Waals surface area contributed by atoms with E-state index in [2.05, 4.69) is 26.3 Å². The van der Waals surface area contributed by atoms with E-state index in [1.807, 2.05) is 36.4 Å². The van der Waals surface area contributed by atoms with Crippen LogP contribution in [0.25, 0.3) is 5.52 Å². The molecule has 24 heavy (non-hydrogen) atoms. The highest BCUT2D eigenvalue weighted by molar-refractivity contribution is 9.10. The third kappa shape index (κ3) is 3.03. The molecular formula is C17H15BrN4O2. The first-order valence-corrected chi connectivity index (χ1v) is 8.05. The number of hydrogen-bond acceptors (Lipinski definition) is 4. The van der Waals surface area contributed by atoms with E-state index in [0.29, 0.717) is 11.2 Å². The van der Waals surface area contributed by atoms with E-state index in [1.54, 1.807) is 10.7 Å². The maximum absolute atomic E-state index is 12.2. The summed E-state index contributed by atoms with van der Waals surface area (Å²) in [6.07, 6.45) is 3.16. The van der Waals surface area contributed by atoms with Crippen LogP contribution in [0.2, 0.25) is 0 Å². The van der Waals surface area contributed by atoms with Gasteiger partial charge in [-0.3, -0.25) is 9.59 Å². The molecule has 0 aliphatic heterocycles. The van der Waals surface area contributed by atoms with Crippen molar-refractivity contribution < 1.29 is 9.59 Å². The van der Waals surface area contributed by atoms with E-state index in [4.69, 9.17) is 5.73 Å². The molecule has 7 heteroatoms. The van der Waals surface area contributed by atoms with Gasteiger partial charge in [0, 0.05) is 10.7 Å². The first-order valence-electron chi connectivity index (χ1n) is 7.26. The van der Waals surface area contributed by atoms with Gasteiger partial charge in [0.2, 0.25) is 0 Å². The van der Waals surface area contributed by atoms with Crippen molar-refractivity contribution in [2.45, 2.75) is 13.0 Å². The van der Waals surface area contributed by atoms with Gasteiger partial charge in [0.05, 0.1) is 23.0 Å². The summed E-state index contributed by atoms with van der Waals surface area (Å²) in [5.74, 6) is -0.683. The molecular weight excluding hydrogens is 372 g/mol. The molecule has 1 amide bonds. The number of halogens is 1. The summed E-state index contributed by atoms with van der Waals surface area (Å²) in [5.41, 5.74) is 7.65. The maximum atomic E-state index is 12.2. The zero-order valence-electron chi connectivity index (χ0n) is 12.9. The highest BCUT2D eigenvalue weighted by Gasteiger charge is 2.21. The Morgan fingerprint density at radius 2 is 2.00 bits per heavy atom. The lowest BCUT2D eigenvalue weighted by Gasteiger charge is -2.20. The van der Waals surface area contributed by atoms with Crippen LogP contribution < -0.4 is 11.1 Å². The van der Waals surface area contributed by atoms with Crippen LogP contribution in [0.5, 0.6) is 0 Å². The Balaban J connectivity index is 2.14. The molecule has 1 atom stereocenters. The SMILES string of the molecule is CC(=O)[C@@H](Nc1c(C(N)=O)cnn2cc(Br)cc12)c1ccccc1. The molecule has 3 aromatic rings. The number of primary amides is 1. The highest BCUT2D eigenvalue weighted by Crippen LogP contribution is 2.29. The average molecular weight is 387 g/mol. The van der Waals surface area contributed by atoms with Crippen LogP contribution in [0.1, 0.15) is 28.9 Å². The van der Waals surface area contributed by atoms with Gasteiger partial charge in [-0.2, -0.15) is 5.10 Å². The number of hydrogen-bond donors (Lipinski definition) is 2. The zero-order valence-corrected chi connectivity index (χ0v) is 14.4. The molecule has 0 spiro atoms. The predicted octanol–water partition coefficient (Wildman–Crippen LogP) is 2.94. The Kier molecular flexibility index (Phi) is 4.35. The van der Waals surface area contributed by atoms with Crippen molar-refractivity contribution in [3.63, 3.8) is 0 Å². The molecule has 0 saturated carbocycles. The molecule has 122 valence electrons. The van der Waals surface area contributed by atoms with Gasteiger partial charge in [0.15, 0.2) is 5.78 Å². The van der Waals surface area contributed by atoms with Crippen LogP contribution in [0.3, 0.4) is 0 Å². The summed E-state index contributed by atoms with van der Waals surface area (Å²) >= 11 is 3.39. The largest absolute Gasteiger partial charge is 0.369 e. The fraction of sp³-hybridized carbons (Fsp3) is 0.118. The number of benzene rings is 1. The number of fused-ring (bicyclic) bond motifs is 1. The summed E-state index contributed by atoms with van der Waals surface area (Å²) in [7, 11) is 0. The smallest absolute Gasteiger partial charge is 0.252 e. The Bertz CT molecular complexity index is 921. The summed E-state index contributed by atoms with van der Waals surface area (Å²) in [6.45, 7) is 1.50. The minimum absolute atomic E-state index is 0.0720. The number of nitrogens with two attached hydrogens (primary N) is 1. The van der Waals surface area contributed by atoms with Gasteiger partial charge >= 0.3 is 0 Å². The number of rotatable bonds is 5. The molecule has 0 saturated heterocycles. The standard InChI is InChI=1S/C17H15BrN4O2/c1-10(23)15(11-5-3-2-4-6-11)21-16-13(17(19)24)8-20-22-9-12(18)7-14(16)22/h2-9,15,21H,1H3,(H2,19,24)/t15-/m1/s1. The molecule has 0 unspecified atom stereocenters. The molecule has 0 aliphatic carbocycles. The second-order valence-corrected chi connectivity index (χ2v) is 6.30. The Hall–Kier alpha value is -2.67. The van der Waals surface area contributed by atoms with Crippen LogP contribution in [0.15, 0.2) is 53.3 Å². The molecule has 1 aromatic carbocycles. The number of nitrogens with one attached hydrogen (secondary N) is 1. The first kappa shape index (κ1) is 16.2. The molecule has 0 radical (unpaired) electrons. The lowest BCUT2D eigenvalue weighted by atomic mass is 10.0. The lowest BCUT2D eigenvalue weighted by Crippen LogP contribution is -2.22. The van der Waals surface area contributed by atoms with Crippen molar-refractivity contribution in [1.82, 2.24) is 9.61 Å². The Labute approximate surface area is 146 Å². The number of Topliss-reactive ketones (excluding diaryl/α,β-unsaturated/α-hetero) is 1. The van der Waals surface area contributed by atoms with Crippen LogP contribution in [0, 0.1) is 0 Å². The number of anilines is 1. The fourth-order valence-electron chi connectivity index (χ4n) is 2.57. The van der Waals surface area contributed by atoms with Crippen molar-refractivity contribution in [3.05, 3.63) is 64.4 Å². The topological polar surface area (TPSA) is 89.5 Å². The molecule has 2 aromatic heterocycles. The highest BCUT2D eigenvalue weighted by atomic mass is 79.9. The van der Waals surface area contributed by atoms with Gasteiger partial charge < -0.3 is 11.1 Å². The van der Waals surface area contributed by atoms with E-state index in [9.17, 15) is 9.59 Å². The van der Waals surface area contributed by atoms with Crippen molar-refractivity contribution in [1.29, 1.82) is 0 Å². The molecule has 2 heterocycles. The van der Waals surface area contributed by atoms with Crippen molar-refractivity contribution in [2.75, 3.05) is 5.32 Å². The van der Waals surface area contributed by atoms with Gasteiger partial charge in [0.1, 0.15) is 6.04 Å². The lowest BCUT2D eigenvalue weighted by molar-refractivity contribution is -0.117. The van der Waals surface area contributed by atoms with E-state index < -0.39 is 11.9 Å². The van der Waals surface area contributed by atoms with Crippen LogP contribution in [0.4, 0.5) is 5.69 Å². The molecule has 0 bridgehead atoms. The molecule has 0 fully saturated rings. The summed E-state index contributed by atoms with van der Waals surface area (Å²) < 4.78 is 2.42. The van der Waals surface area contributed by atoms with Crippen LogP contribution in [-0.2, 0) is 4.79 Å². The monoisotopic (exact) mass is 386 g/mol. The number of ketones is 1. The minimum atomic E-state index is -0.611. The summed E-state index contributed by atoms with van der Waals surface area (Å²) in [5, 5.41) is 7.34. The van der Waals surface area contributed by atoms with Gasteiger partial charge in [0.25, 0.3) is 5.91 Å². The second-order valence-electron chi connectivity index (χ2n) is 5.38. The quantitative estimate of drug-likeness (QED) is 0.705. The van der Waals surface area contributed by atoms with Gasteiger partial charge in [-0.1, -0.05) is 30.3 Å². The number of amides is 1. The molecule has 6 nitrogen and oxygen atoms in total. The van der Waals surface area contributed by atoms with Gasteiger partial charge in [-0.05, 0) is 34.5 Å². The molecule has 3 rings (SSSR count). The van der Waals surface area contributed by atoms with Gasteiger partial charge in [-0.15, -0.1) is 0 Å². The van der Waals surface area contributed by atoms with E-state index >= 15 is 0 Å². The van der Waals surface area contributed by atoms with E-state index in [1.165, 1.54) is 13.1 Å². The Morgan fingerprint density at radius 3 is 2.62 bits per heavy atom. The maximum Gasteiger partial charge on any atom is 0.252 e. The minimum Gasteiger partial charge on any atom is -0.369 e. The second kappa shape index (κ2) is 6.45. The zero-order chi connectivity index (χ0) is 17.3. The van der Waals surface area contributed by atoms with E-state index in [0.717, 1.165) is 10.0 Å². The first-order chi connectivity index (χ1) is 11.5. The molecule has 0 aliphatic rings. The van der Waals surface area contributed by atoms with Gasteiger partial charge in [-0.25, -0.2) is 4.52 Å². The predicted molar refractivity (Wildman–Crippen MR) is 94.9 cm³/mol. The normalized spacial score (nSPS) is 12.1. The van der Waals surface area contributed by atoms with Crippen molar-refractivity contribution >= 4 is 38.8 Å². The fourth-order valence-corrected chi connectivity index (χ4v) is 2.98. The Morgan fingerprint density at radius 1 is 1.29 bits per heavy atom. The molecule has 3 N–H and O–H groups in total. The third-order valence-electron chi connectivity index (χ3n) is 3.70. The van der Waals surface area contributed by atoms with Crippen LogP contribution in [-0.4, -0.2) is 21.3 Å². The van der Waals surface area contributed by atoms with Crippen molar-refractivity contribution in [3.8, 4) is 0 Å². The summed E-state index contributed by atoms with van der Waals surface area (Å²) in [6, 6.07) is 10.5. The van der Waals surface area contributed by atoms with Crippen molar-refractivity contribution in [2.24, 2.45) is 5.73 Å².